The molecule has 9 nitrogen and oxygen atoms in total. The quantitative estimate of drug-likeness (QED) is 0.324. The Bertz CT molecular complexity index is 1540. The first kappa shape index (κ1) is 23.6. The molecule has 188 valence electrons. The van der Waals surface area contributed by atoms with E-state index in [9.17, 15) is 24.2 Å². The van der Waals surface area contributed by atoms with Gasteiger partial charge < -0.3 is 30.6 Å². The Morgan fingerprint density at radius 3 is 2.92 bits per heavy atom. The van der Waals surface area contributed by atoms with Crippen LogP contribution in [-0.2, 0) is 28.3 Å². The fourth-order valence-electron chi connectivity index (χ4n) is 5.61. The fourth-order valence-corrected chi connectivity index (χ4v) is 6.86. The maximum absolute atomic E-state index is 14.9. The van der Waals surface area contributed by atoms with Gasteiger partial charge in [0.15, 0.2) is 6.29 Å². The summed E-state index contributed by atoms with van der Waals surface area (Å²) in [5.74, 6) is -0.218. The zero-order chi connectivity index (χ0) is 25.5. The van der Waals surface area contributed by atoms with Crippen LogP contribution in [0.15, 0.2) is 21.8 Å². The summed E-state index contributed by atoms with van der Waals surface area (Å²) in [6, 6.07) is 2.66. The van der Waals surface area contributed by atoms with E-state index in [0.29, 0.717) is 33.8 Å². The Hall–Kier alpha value is -2.83. The number of aromatic nitrogens is 2. The van der Waals surface area contributed by atoms with Crippen molar-refractivity contribution in [3.8, 4) is 11.4 Å². The molecule has 6 rings (SSSR count). The van der Waals surface area contributed by atoms with Gasteiger partial charge in [0.1, 0.15) is 11.4 Å². The zero-order valence-corrected chi connectivity index (χ0v) is 20.5. The van der Waals surface area contributed by atoms with E-state index in [2.05, 4.69) is 5.32 Å². The number of thioether (sulfide) groups is 1. The summed E-state index contributed by atoms with van der Waals surface area (Å²) >= 11 is 1.46. The molecule has 3 aliphatic rings. The van der Waals surface area contributed by atoms with Gasteiger partial charge in [0.2, 0.25) is 5.91 Å². The molecule has 3 aliphatic heterocycles. The summed E-state index contributed by atoms with van der Waals surface area (Å²) in [6.45, 7) is 3.33. The largest absolute Gasteiger partial charge is 0.380 e. The maximum atomic E-state index is 14.9. The highest BCUT2D eigenvalue weighted by Gasteiger charge is 2.45. The van der Waals surface area contributed by atoms with E-state index in [-0.39, 0.29) is 49.0 Å². The smallest absolute Gasteiger partial charge is 0.257 e. The molecule has 0 saturated heterocycles. The average molecular weight is 513 g/mol. The van der Waals surface area contributed by atoms with Crippen molar-refractivity contribution in [2.75, 3.05) is 12.3 Å². The number of carbonyl (C=O) groups is 1. The lowest BCUT2D eigenvalue weighted by molar-refractivity contribution is -0.236. The second-order valence-electron chi connectivity index (χ2n) is 9.45. The third kappa shape index (κ3) is 3.07. The van der Waals surface area contributed by atoms with Crippen LogP contribution < -0.4 is 16.6 Å². The Morgan fingerprint density at radius 2 is 2.19 bits per heavy atom. The lowest BCUT2D eigenvalue weighted by Crippen LogP contribution is -2.47. The number of hydrogen-bond donors (Lipinski definition) is 4. The van der Waals surface area contributed by atoms with Gasteiger partial charge in [0.25, 0.3) is 5.56 Å². The Kier molecular flexibility index (Phi) is 5.29. The average Bonchev–Trinajstić information content (AvgIpc) is 3.24. The molecule has 0 fully saturated rings. The standard InChI is InChI=1S/C25H25FN4O5S/c1-3-25(34)13-4-17-21-11(7-30(17)23(32)12(13)8-35-24(25)33)19-16(28-18(31)6-27)9-36-22-10(2)14(26)5-15(29-21)20(19)22/h4-5,16,24,33-34H,3,6-9,27H2,1-2H3,(H,28,31)/t16-,24?,25+/m1/s1. The first-order chi connectivity index (χ1) is 17.2. The van der Waals surface area contributed by atoms with Gasteiger partial charge >= 0.3 is 0 Å². The van der Waals surface area contributed by atoms with E-state index < -0.39 is 17.9 Å². The van der Waals surface area contributed by atoms with Crippen molar-refractivity contribution >= 4 is 28.6 Å². The van der Waals surface area contributed by atoms with Crippen LogP contribution in [0, 0.1) is 12.7 Å². The highest BCUT2D eigenvalue weighted by molar-refractivity contribution is 7.99. The number of nitrogens with zero attached hydrogens (tertiary/aromatic N) is 2. The predicted octanol–water partition coefficient (Wildman–Crippen LogP) is 1.54. The number of pyridine rings is 2. The van der Waals surface area contributed by atoms with Crippen LogP contribution in [0.1, 0.15) is 47.2 Å². The van der Waals surface area contributed by atoms with Crippen LogP contribution in [0.5, 0.6) is 0 Å². The van der Waals surface area contributed by atoms with Gasteiger partial charge in [-0.3, -0.25) is 9.59 Å². The van der Waals surface area contributed by atoms with Crippen molar-refractivity contribution < 1.29 is 24.1 Å². The van der Waals surface area contributed by atoms with Crippen LogP contribution in [0.3, 0.4) is 0 Å². The maximum Gasteiger partial charge on any atom is 0.257 e. The van der Waals surface area contributed by atoms with Gasteiger partial charge in [0.05, 0.1) is 42.6 Å². The third-order valence-corrected chi connectivity index (χ3v) is 8.88. The minimum absolute atomic E-state index is 0.128. The molecule has 11 heteroatoms. The monoisotopic (exact) mass is 512 g/mol. The summed E-state index contributed by atoms with van der Waals surface area (Å²) in [7, 11) is 0. The van der Waals surface area contributed by atoms with Gasteiger partial charge in [-0.25, -0.2) is 9.37 Å². The molecule has 3 aromatic rings. The van der Waals surface area contributed by atoms with Gasteiger partial charge in [-0.2, -0.15) is 0 Å². The number of halogens is 1. The number of carbonyl (C=O) groups excluding carboxylic acids is 1. The Balaban J connectivity index is 1.66. The van der Waals surface area contributed by atoms with Crippen molar-refractivity contribution in [2.45, 2.75) is 56.2 Å². The number of ether oxygens (including phenoxy) is 1. The number of benzene rings is 1. The summed E-state index contributed by atoms with van der Waals surface area (Å²) in [4.78, 5) is 31.4. The second kappa shape index (κ2) is 8.09. The molecule has 36 heavy (non-hydrogen) atoms. The topological polar surface area (TPSA) is 140 Å². The van der Waals surface area contributed by atoms with Gasteiger partial charge in [0, 0.05) is 38.8 Å². The molecule has 0 bridgehead atoms. The molecular formula is C25H25FN4O5S. The minimum atomic E-state index is -1.75. The Labute approximate surface area is 209 Å². The number of aliphatic hydroxyl groups excluding tert-OH is 1. The first-order valence-electron chi connectivity index (χ1n) is 11.8. The molecule has 1 unspecified atom stereocenters. The van der Waals surface area contributed by atoms with Gasteiger partial charge in [-0.15, -0.1) is 11.8 Å². The van der Waals surface area contributed by atoms with E-state index in [1.54, 1.807) is 24.5 Å². The van der Waals surface area contributed by atoms with E-state index in [0.717, 1.165) is 21.4 Å². The molecule has 0 saturated carbocycles. The van der Waals surface area contributed by atoms with E-state index in [4.69, 9.17) is 15.5 Å². The van der Waals surface area contributed by atoms with Crippen molar-refractivity contribution in [1.29, 1.82) is 0 Å². The fraction of sp³-hybridized carbons (Fsp3) is 0.400. The number of nitrogens with one attached hydrogen (secondary N) is 1. The number of nitrogens with two attached hydrogens (primary N) is 1. The highest BCUT2D eigenvalue weighted by atomic mass is 32.2. The van der Waals surface area contributed by atoms with Gasteiger partial charge in [-0.1, -0.05) is 6.92 Å². The highest BCUT2D eigenvalue weighted by Crippen LogP contribution is 2.48. The van der Waals surface area contributed by atoms with Crippen LogP contribution in [-0.4, -0.2) is 44.3 Å². The molecule has 1 amide bonds. The van der Waals surface area contributed by atoms with E-state index in [1.807, 2.05) is 0 Å². The zero-order valence-electron chi connectivity index (χ0n) is 19.7. The van der Waals surface area contributed by atoms with Crippen LogP contribution in [0.4, 0.5) is 4.39 Å². The Morgan fingerprint density at radius 1 is 1.42 bits per heavy atom. The van der Waals surface area contributed by atoms with Crippen molar-refractivity contribution in [2.24, 2.45) is 5.73 Å². The molecule has 5 heterocycles. The molecule has 0 aliphatic carbocycles. The van der Waals surface area contributed by atoms with Crippen molar-refractivity contribution in [1.82, 2.24) is 14.9 Å². The minimum Gasteiger partial charge on any atom is -0.380 e. The summed E-state index contributed by atoms with van der Waals surface area (Å²) in [5.41, 5.74) is 7.53. The number of rotatable bonds is 3. The van der Waals surface area contributed by atoms with Crippen molar-refractivity contribution in [3.05, 3.63) is 56.1 Å². The summed E-state index contributed by atoms with van der Waals surface area (Å²) in [5, 5.41) is 25.3. The van der Waals surface area contributed by atoms with Crippen LogP contribution in [0.2, 0.25) is 0 Å². The number of aliphatic hydroxyl groups is 2. The van der Waals surface area contributed by atoms with Crippen LogP contribution in [0.25, 0.3) is 22.3 Å². The molecule has 5 N–H and O–H groups in total. The molecule has 0 spiro atoms. The lowest BCUT2D eigenvalue weighted by atomic mass is 9.85. The van der Waals surface area contributed by atoms with Crippen molar-refractivity contribution in [3.63, 3.8) is 0 Å². The molecular weight excluding hydrogens is 487 g/mol. The number of hydrogen-bond acceptors (Lipinski definition) is 8. The summed E-state index contributed by atoms with van der Waals surface area (Å²) < 4.78 is 21.8. The SMILES string of the molecule is CC[C@]1(O)c2cc3n(c(=O)c2COC1O)Cc1c-3nc2cc(F)c(C)c3c2c1[C@H](NC(=O)CN)CS3. The first-order valence-corrected chi connectivity index (χ1v) is 12.8. The lowest BCUT2D eigenvalue weighted by Gasteiger charge is -2.37. The molecule has 1 aromatic carbocycles. The molecule has 3 atom stereocenters. The predicted molar refractivity (Wildman–Crippen MR) is 131 cm³/mol. The van der Waals surface area contributed by atoms with E-state index >= 15 is 0 Å². The number of amides is 1. The number of fused-ring (bicyclic) bond motifs is 5. The van der Waals surface area contributed by atoms with Crippen LogP contribution >= 0.6 is 11.8 Å². The third-order valence-electron chi connectivity index (χ3n) is 7.58. The normalized spacial score (nSPS) is 23.8. The van der Waals surface area contributed by atoms with Gasteiger partial charge in [-0.05, 0) is 30.5 Å². The second-order valence-corrected chi connectivity index (χ2v) is 10.5. The molecule has 2 aromatic heterocycles. The van der Waals surface area contributed by atoms with E-state index in [1.165, 1.54) is 17.8 Å². The molecule has 0 radical (unpaired) electrons. The summed E-state index contributed by atoms with van der Waals surface area (Å²) in [6.07, 6.45) is -1.34.